The van der Waals surface area contributed by atoms with Crippen LogP contribution >= 0.6 is 0 Å². The monoisotopic (exact) mass is 1610 g/mol. The lowest BCUT2D eigenvalue weighted by molar-refractivity contribution is -0.304. The van der Waals surface area contributed by atoms with Crippen LogP contribution in [-0.4, -0.2) is 169 Å². The molecule has 7 rings (SSSR count). The number of rotatable bonds is 24. The normalized spacial score (nSPS) is 19.3. The van der Waals surface area contributed by atoms with Gasteiger partial charge in [0.2, 0.25) is 23.6 Å². The summed E-state index contributed by atoms with van der Waals surface area (Å²) < 4.78 is 156. The number of ether oxygens (including phenoxy) is 7. The van der Waals surface area contributed by atoms with Crippen LogP contribution in [0.4, 0.5) is 44.3 Å². The van der Waals surface area contributed by atoms with Gasteiger partial charge in [-0.2, -0.15) is 0 Å². The summed E-state index contributed by atoms with van der Waals surface area (Å²) in [5, 5.41) is 40.7. The average molecular weight is 1610 g/mol. The van der Waals surface area contributed by atoms with Crippen molar-refractivity contribution >= 4 is 47.3 Å². The number of amides is 5. The molecule has 0 spiro atoms. The second-order valence-electron chi connectivity index (χ2n) is 31.1. The molecule has 0 aromatic heterocycles. The van der Waals surface area contributed by atoms with E-state index in [4.69, 9.17) is 49.1 Å². The number of aliphatic hydroxyl groups excluding tert-OH is 2. The van der Waals surface area contributed by atoms with Crippen LogP contribution in [0.15, 0.2) is 66.7 Å². The standard InChI is InChI=1S/C20H26F3NO4.C20H30N2O5.C17H22F3NO4.C12H24N2O3.C7H3F3O2.C2H6.CH4/c1-11(6-16(25)12-7-14(22)15(23)8-13(12)21)9-24-18(26)17-19(2,3)10-27-20(4,5)28-17;1-14(22-18(24)25-12-15-9-7-6-8-10-15)11-21-17(23)16-19(2,3)13-26-20(4,5)27-16;1-9(7-21-16(25)15(24)17(2,3)8-22)4-14(23)10-5-12(19)13(20)6-11(10)18;1-8(13)6-14-10(15)9-11(2,3)7-16-12(4,5)17-9;8-4-2-6(10)5(9)1-3(4)7(11)12;1-2;/h7-8,11,17H,6,9-10H2,1-5H3,(H,24,26);6-10,14,16H,11-13H2,1-5H3,(H,21,23)(H,22,24);5-6,9,15,22,24H,4,7-8H2,1-3H3,(H,21,25);8-9H,6-7,13H2,1-5H3,(H,14,15);1-2H,(H,11,12);1-2H3;1H4/t11-,17+;14-,16-;9-,15+;8-,9-;;;/m0101.../s1. The highest BCUT2D eigenvalue weighted by Crippen LogP contribution is 2.38. The van der Waals surface area contributed by atoms with E-state index in [0.29, 0.717) is 56.7 Å². The first-order valence-electron chi connectivity index (χ1n) is 35.9. The molecule has 24 nitrogen and oxygen atoms in total. The van der Waals surface area contributed by atoms with Gasteiger partial charge in [0.1, 0.15) is 48.5 Å². The number of aromatic carboxylic acids is 1. The summed E-state index contributed by atoms with van der Waals surface area (Å²) in [5.41, 5.74) is 2.24. The minimum atomic E-state index is -1.63. The Morgan fingerprint density at radius 2 is 0.830 bits per heavy atom. The number of hydrogen-bond donors (Lipinski definition) is 9. The smallest absolute Gasteiger partial charge is 0.407 e. The second-order valence-corrected chi connectivity index (χ2v) is 31.1. The first-order valence-corrected chi connectivity index (χ1v) is 35.9. The first-order chi connectivity index (χ1) is 51.1. The molecule has 8 atom stereocenters. The molecule has 10 N–H and O–H groups in total. The Labute approximate surface area is 650 Å². The van der Waals surface area contributed by atoms with Crippen LogP contribution < -0.4 is 32.3 Å². The van der Waals surface area contributed by atoms with Gasteiger partial charge in [-0.15, -0.1) is 0 Å². The fraction of sp³-hybridized carbons (Fsp3) is 0.595. The fourth-order valence-electron chi connectivity index (χ4n) is 10.0. The number of nitrogens with two attached hydrogens (primary N) is 1. The summed E-state index contributed by atoms with van der Waals surface area (Å²) in [4.78, 5) is 95.3. The Morgan fingerprint density at radius 1 is 0.509 bits per heavy atom. The van der Waals surface area contributed by atoms with E-state index < -0.39 is 169 Å². The van der Waals surface area contributed by atoms with Crippen molar-refractivity contribution in [3.63, 3.8) is 0 Å². The van der Waals surface area contributed by atoms with Gasteiger partial charge in [0, 0.05) is 91.0 Å². The third-order valence-corrected chi connectivity index (χ3v) is 16.8. The lowest BCUT2D eigenvalue weighted by Gasteiger charge is -2.44. The predicted molar refractivity (Wildman–Crippen MR) is 398 cm³/mol. The summed E-state index contributed by atoms with van der Waals surface area (Å²) in [7, 11) is 0. The van der Waals surface area contributed by atoms with Crippen LogP contribution in [0.25, 0.3) is 0 Å². The Balaban J connectivity index is 0.000000711. The highest BCUT2D eigenvalue weighted by atomic mass is 19.2. The Morgan fingerprint density at radius 3 is 1.18 bits per heavy atom. The summed E-state index contributed by atoms with van der Waals surface area (Å²) in [5.74, 6) is -19.3. The Bertz CT molecular complexity index is 3770. The molecular weight excluding hydrogens is 1490 g/mol. The SMILES string of the molecule is C.CC.C[C@@H](N)CNC(=O)[C@H]1OC(C)(C)OCC1(C)C.C[C@H](CNC(=O)[C@@H](O)C(C)(C)CO)CC(=O)c1cc(F)c(F)cc1F.C[C@H](CNC(=O)[C@H]1OC(C)(C)OCC1(C)C)CC(=O)c1cc(F)c(F)cc1F.C[C@H](CNC(=O)[C@H]1OC(C)(C)OCC1(C)C)NC(=O)OCc1ccccc1.O=C(O)c1cc(F)c(F)cc1F. The number of halogens is 9. The third-order valence-electron chi connectivity index (χ3n) is 16.8. The highest BCUT2D eigenvalue weighted by Gasteiger charge is 2.48. The number of carbonyl (C=O) groups is 8. The van der Waals surface area contributed by atoms with Crippen molar-refractivity contribution in [2.24, 2.45) is 39.2 Å². The van der Waals surface area contributed by atoms with Gasteiger partial charge in [-0.25, -0.2) is 49.1 Å². The minimum absolute atomic E-state index is 0. The van der Waals surface area contributed by atoms with Crippen molar-refractivity contribution in [2.75, 3.05) is 52.6 Å². The fourth-order valence-corrected chi connectivity index (χ4v) is 10.0. The molecule has 0 unspecified atom stereocenters. The zero-order chi connectivity index (χ0) is 85.3. The number of carboxylic acids is 1. The minimum Gasteiger partial charge on any atom is -0.478 e. The van der Waals surface area contributed by atoms with Crippen LogP contribution in [-0.2, 0) is 58.9 Å². The lowest BCUT2D eigenvalue weighted by Crippen LogP contribution is -2.57. The largest absolute Gasteiger partial charge is 0.478 e. The van der Waals surface area contributed by atoms with Crippen LogP contribution in [0.3, 0.4) is 0 Å². The van der Waals surface area contributed by atoms with Gasteiger partial charge in [-0.1, -0.05) is 121 Å². The quantitative estimate of drug-likeness (QED) is 0.0179. The van der Waals surface area contributed by atoms with Crippen LogP contribution in [0.5, 0.6) is 0 Å². The van der Waals surface area contributed by atoms with E-state index >= 15 is 0 Å². The molecule has 33 heteroatoms. The van der Waals surface area contributed by atoms with E-state index in [9.17, 15) is 83.0 Å². The molecule has 112 heavy (non-hydrogen) atoms. The van der Waals surface area contributed by atoms with E-state index in [1.165, 1.54) is 13.8 Å². The maximum absolute atomic E-state index is 13.7. The molecule has 4 aromatic rings. The molecule has 3 aliphatic heterocycles. The predicted octanol–water partition coefficient (Wildman–Crippen LogP) is 12.1. The van der Waals surface area contributed by atoms with Gasteiger partial charge >= 0.3 is 12.1 Å². The summed E-state index contributed by atoms with van der Waals surface area (Å²) >= 11 is 0. The number of carboxylic acid groups (broad SMARTS) is 1. The van der Waals surface area contributed by atoms with E-state index in [2.05, 4.69) is 26.6 Å². The molecule has 3 fully saturated rings. The number of benzene rings is 4. The van der Waals surface area contributed by atoms with Gasteiger partial charge in [-0.05, 0) is 91.0 Å². The molecule has 0 radical (unpaired) electrons. The maximum atomic E-state index is 13.7. The van der Waals surface area contributed by atoms with Crippen LogP contribution in [0.2, 0.25) is 0 Å². The van der Waals surface area contributed by atoms with Crippen molar-refractivity contribution in [1.82, 2.24) is 26.6 Å². The highest BCUT2D eigenvalue weighted by molar-refractivity contribution is 5.97. The van der Waals surface area contributed by atoms with Crippen LogP contribution in [0, 0.1) is 85.9 Å². The topological polar surface area (TPSA) is 348 Å². The first kappa shape index (κ1) is 102. The van der Waals surface area contributed by atoms with Crippen molar-refractivity contribution in [3.05, 3.63) is 141 Å². The van der Waals surface area contributed by atoms with Gasteiger partial charge in [-0.3, -0.25) is 28.8 Å². The Kier molecular flexibility index (Phi) is 40.5. The van der Waals surface area contributed by atoms with E-state index in [1.54, 1.807) is 48.5 Å². The van der Waals surface area contributed by atoms with Gasteiger partial charge in [0.25, 0.3) is 0 Å². The van der Waals surface area contributed by atoms with Crippen molar-refractivity contribution in [2.45, 2.75) is 219 Å². The molecule has 3 heterocycles. The van der Waals surface area contributed by atoms with Gasteiger partial charge in [0.05, 0.1) is 43.1 Å². The molecule has 3 aliphatic rings. The average Bonchev–Trinajstić information content (AvgIpc) is 0.798. The molecule has 632 valence electrons. The molecule has 0 aliphatic carbocycles. The van der Waals surface area contributed by atoms with Gasteiger partial charge < -0.3 is 80.8 Å². The zero-order valence-corrected chi connectivity index (χ0v) is 66.7. The number of carbonyl (C=O) groups excluding carboxylic acids is 7. The molecule has 3 saturated heterocycles. The second kappa shape index (κ2) is 44.5. The van der Waals surface area contributed by atoms with E-state index in [1.807, 2.05) is 106 Å². The van der Waals surface area contributed by atoms with E-state index in [0.717, 1.165) is 5.56 Å². The number of alkyl carbamates (subject to hydrolysis) is 1. The molecule has 5 amide bonds. The number of nitrogens with one attached hydrogen (secondary N) is 5. The molecular formula is C79H115F9N6O18. The number of hydrogen-bond acceptors (Lipinski definition) is 18. The third kappa shape index (κ3) is 33.5. The molecule has 4 aromatic carbocycles. The number of aliphatic hydroxyl groups is 2. The Hall–Kier alpha value is -8.15. The zero-order valence-electron chi connectivity index (χ0n) is 66.7. The number of ketones is 2. The van der Waals surface area contributed by atoms with Crippen molar-refractivity contribution in [1.29, 1.82) is 0 Å². The van der Waals surface area contributed by atoms with Crippen molar-refractivity contribution in [3.8, 4) is 0 Å². The maximum Gasteiger partial charge on any atom is 0.407 e. The molecule has 0 saturated carbocycles. The summed E-state index contributed by atoms with van der Waals surface area (Å²) in [6.07, 6.45) is -4.17. The van der Waals surface area contributed by atoms with Crippen LogP contribution in [0.1, 0.15) is 195 Å². The summed E-state index contributed by atoms with van der Waals surface area (Å²) in [6, 6.07) is 11.3. The lowest BCUT2D eigenvalue weighted by atomic mass is 9.85. The van der Waals surface area contributed by atoms with Crippen molar-refractivity contribution < 1.29 is 126 Å². The van der Waals surface area contributed by atoms with E-state index in [-0.39, 0.29) is 93.7 Å². The summed E-state index contributed by atoms with van der Waals surface area (Å²) in [6.45, 7) is 38.0. The number of Topliss-reactive ketones (excluding diaryl/α,β-unsaturated/α-hetero) is 2. The molecule has 0 bridgehead atoms. The van der Waals surface area contributed by atoms with Gasteiger partial charge in [0.15, 0.2) is 63.8 Å².